The van der Waals surface area contributed by atoms with Gasteiger partial charge in [-0.25, -0.2) is 14.6 Å². The summed E-state index contributed by atoms with van der Waals surface area (Å²) in [5.41, 5.74) is 5.72. The van der Waals surface area contributed by atoms with Crippen molar-refractivity contribution >= 4 is 39.5 Å². The van der Waals surface area contributed by atoms with Gasteiger partial charge in [-0.3, -0.25) is 0 Å². The maximum absolute atomic E-state index is 12.2. The van der Waals surface area contributed by atoms with Crippen molar-refractivity contribution < 1.29 is 23.4 Å². The number of furan rings is 1. The van der Waals surface area contributed by atoms with Crippen molar-refractivity contribution in [3.05, 3.63) is 101 Å². The lowest BCUT2D eigenvalue weighted by molar-refractivity contribution is -0.0589. The molecule has 2 aromatic carbocycles. The van der Waals surface area contributed by atoms with Crippen molar-refractivity contribution in [3.63, 3.8) is 0 Å². The van der Waals surface area contributed by atoms with Gasteiger partial charge in [0.15, 0.2) is 5.69 Å². The molecule has 5 aromatic rings. The van der Waals surface area contributed by atoms with E-state index in [0.717, 1.165) is 72.6 Å². The Morgan fingerprint density at radius 2 is 2.07 bits per heavy atom. The van der Waals surface area contributed by atoms with Gasteiger partial charge in [0.25, 0.3) is 0 Å². The van der Waals surface area contributed by atoms with E-state index in [1.807, 2.05) is 42.5 Å². The largest absolute Gasteiger partial charge is 0.473 e. The molecule has 10 nitrogen and oxygen atoms in total. The molecule has 1 saturated heterocycles. The van der Waals surface area contributed by atoms with Crippen LogP contribution in [0.5, 0.6) is 5.88 Å². The van der Waals surface area contributed by atoms with Crippen LogP contribution in [0.2, 0.25) is 0 Å². The summed E-state index contributed by atoms with van der Waals surface area (Å²) >= 11 is 0. The van der Waals surface area contributed by atoms with Gasteiger partial charge in [-0.1, -0.05) is 29.8 Å². The maximum Gasteiger partial charge on any atom is 0.337 e. The molecule has 10 heteroatoms. The van der Waals surface area contributed by atoms with Crippen LogP contribution >= 0.6 is 0 Å². The Kier molecular flexibility index (Phi) is 7.46. The molecule has 3 aromatic heterocycles. The van der Waals surface area contributed by atoms with Gasteiger partial charge in [-0.2, -0.15) is 4.98 Å². The molecule has 1 atom stereocenters. The minimum Gasteiger partial charge on any atom is -0.473 e. The number of esters is 1. The highest BCUT2D eigenvalue weighted by molar-refractivity contribution is 5.94. The van der Waals surface area contributed by atoms with Gasteiger partial charge < -0.3 is 28.1 Å². The van der Waals surface area contributed by atoms with Crippen molar-refractivity contribution in [1.82, 2.24) is 14.5 Å². The number of hydrogen-bond donors (Lipinski definition) is 0. The van der Waals surface area contributed by atoms with E-state index in [4.69, 9.17) is 35.2 Å². The molecule has 5 heterocycles. The number of nitrogens with zero attached hydrogens (tertiary/aromatic N) is 5. The summed E-state index contributed by atoms with van der Waals surface area (Å²) in [6.45, 7) is 10.7. The number of ether oxygens (including phenoxy) is 3. The van der Waals surface area contributed by atoms with E-state index >= 15 is 0 Å². The molecule has 0 amide bonds. The van der Waals surface area contributed by atoms with Crippen LogP contribution in [-0.2, 0) is 29.0 Å². The fourth-order valence-corrected chi connectivity index (χ4v) is 5.80. The third-order valence-corrected chi connectivity index (χ3v) is 8.32. The molecule has 0 unspecified atom stereocenters. The van der Waals surface area contributed by atoms with Crippen molar-refractivity contribution in [2.75, 3.05) is 31.7 Å². The average molecular weight is 590 g/mol. The van der Waals surface area contributed by atoms with Crippen LogP contribution < -0.4 is 9.64 Å². The van der Waals surface area contributed by atoms with Crippen molar-refractivity contribution in [1.29, 1.82) is 0 Å². The fraction of sp³-hybridized carbons (Fsp3) is 0.294. The lowest BCUT2D eigenvalue weighted by Crippen LogP contribution is -2.32. The first kappa shape index (κ1) is 27.7. The second-order valence-electron chi connectivity index (χ2n) is 11.0. The summed E-state index contributed by atoms with van der Waals surface area (Å²) in [6.07, 6.45) is 6.64. The zero-order valence-electron chi connectivity index (χ0n) is 24.4. The average Bonchev–Trinajstić information content (AvgIpc) is 3.66. The number of imidazole rings is 1. The van der Waals surface area contributed by atoms with E-state index in [-0.39, 0.29) is 18.7 Å². The highest BCUT2D eigenvalue weighted by Gasteiger charge is 2.24. The number of methoxy groups -OCH3 is 1. The Morgan fingerprint density at radius 1 is 1.16 bits per heavy atom. The molecule has 0 N–H and O–H groups in total. The minimum absolute atomic E-state index is 0.160. The van der Waals surface area contributed by atoms with Crippen LogP contribution in [0.25, 0.3) is 26.8 Å². The zero-order chi connectivity index (χ0) is 30.0. The van der Waals surface area contributed by atoms with E-state index < -0.39 is 0 Å². The van der Waals surface area contributed by atoms with Crippen LogP contribution in [0, 0.1) is 6.57 Å². The van der Waals surface area contributed by atoms with Gasteiger partial charge in [0.1, 0.15) is 23.8 Å². The molecule has 0 spiro atoms. The van der Waals surface area contributed by atoms with Crippen LogP contribution in [-0.4, -0.2) is 53.4 Å². The molecule has 44 heavy (non-hydrogen) atoms. The van der Waals surface area contributed by atoms with E-state index in [9.17, 15) is 4.79 Å². The molecule has 0 saturated carbocycles. The Bertz CT molecular complexity index is 1930. The van der Waals surface area contributed by atoms with Gasteiger partial charge in [0.05, 0.1) is 49.2 Å². The number of hydrogen-bond acceptors (Lipinski definition) is 8. The third-order valence-electron chi connectivity index (χ3n) is 8.32. The highest BCUT2D eigenvalue weighted by atomic mass is 16.5. The van der Waals surface area contributed by atoms with Gasteiger partial charge in [-0.05, 0) is 43.2 Å². The standard InChI is InChI=1S/C34H31N5O5/c1-35-27-8-7-24(33-26(27)13-17-43-33)21-44-32-5-3-4-30(37-32)38-14-10-22(11-15-38)18-31-36-28-9-6-23(34(40)41-2)19-29(28)39(31)20-25-12-16-42-25/h3-10,13,17,19,25H,11-12,14-16,18,20-21H2,2H3/t25-/m0/s1. The van der Waals surface area contributed by atoms with Crippen molar-refractivity contribution in [2.45, 2.75) is 38.5 Å². The molecule has 1 fully saturated rings. The Balaban J connectivity index is 1.05. The predicted octanol–water partition coefficient (Wildman–Crippen LogP) is 6.26. The number of anilines is 1. The van der Waals surface area contributed by atoms with E-state index in [0.29, 0.717) is 29.3 Å². The number of carbonyl (C=O) groups excluding carboxylic acids is 1. The summed E-state index contributed by atoms with van der Waals surface area (Å²) in [6, 6.07) is 16.8. The van der Waals surface area contributed by atoms with Crippen LogP contribution in [0.4, 0.5) is 11.5 Å². The van der Waals surface area contributed by atoms with Crippen LogP contribution in [0.15, 0.2) is 76.9 Å². The first-order valence-electron chi connectivity index (χ1n) is 14.7. The van der Waals surface area contributed by atoms with Crippen LogP contribution in [0.1, 0.15) is 34.6 Å². The summed E-state index contributed by atoms with van der Waals surface area (Å²) in [5, 5.41) is 0.789. The highest BCUT2D eigenvalue weighted by Crippen LogP contribution is 2.31. The second kappa shape index (κ2) is 11.9. The molecule has 0 aliphatic carbocycles. The SMILES string of the molecule is [C-]#[N+]c1ccc(COc2cccc(N3CC=C(Cc4nc5ccc(C(=O)OC)cc5n4C[C@@H]4CCO4)CC3)n2)c2occc12. The zero-order valence-corrected chi connectivity index (χ0v) is 24.4. The number of rotatable bonds is 9. The van der Waals surface area contributed by atoms with Gasteiger partial charge in [-0.15, -0.1) is 0 Å². The topological polar surface area (TPSA) is 96.2 Å². The maximum atomic E-state index is 12.2. The molecular formula is C34H31N5O5. The smallest absolute Gasteiger partial charge is 0.337 e. The summed E-state index contributed by atoms with van der Waals surface area (Å²) < 4.78 is 24.6. The molecule has 0 radical (unpaired) electrons. The monoisotopic (exact) mass is 589 g/mol. The molecular weight excluding hydrogens is 558 g/mol. The van der Waals surface area contributed by atoms with E-state index in [2.05, 4.69) is 20.4 Å². The van der Waals surface area contributed by atoms with Crippen molar-refractivity contribution in [3.8, 4) is 5.88 Å². The number of pyridine rings is 1. The van der Waals surface area contributed by atoms with Gasteiger partial charge >= 0.3 is 5.97 Å². The fourth-order valence-electron chi connectivity index (χ4n) is 5.80. The number of fused-ring (bicyclic) bond motifs is 2. The molecule has 0 bridgehead atoms. The summed E-state index contributed by atoms with van der Waals surface area (Å²) in [7, 11) is 1.39. The van der Waals surface area contributed by atoms with E-state index in [1.54, 1.807) is 18.4 Å². The quantitative estimate of drug-likeness (QED) is 0.113. The molecule has 2 aliphatic rings. The second-order valence-corrected chi connectivity index (χ2v) is 11.0. The summed E-state index contributed by atoms with van der Waals surface area (Å²) in [4.78, 5) is 27.7. The lowest BCUT2D eigenvalue weighted by Gasteiger charge is -2.29. The molecule has 2 aliphatic heterocycles. The van der Waals surface area contributed by atoms with Crippen LogP contribution in [0.3, 0.4) is 0 Å². The normalized spacial score (nSPS) is 16.4. The van der Waals surface area contributed by atoms with E-state index in [1.165, 1.54) is 12.7 Å². The third kappa shape index (κ3) is 5.38. The first-order valence-corrected chi connectivity index (χ1v) is 14.7. The Hall–Kier alpha value is -5.14. The lowest BCUT2D eigenvalue weighted by atomic mass is 10.0. The predicted molar refractivity (Wildman–Crippen MR) is 165 cm³/mol. The summed E-state index contributed by atoms with van der Waals surface area (Å²) in [5.74, 6) is 2.00. The number of aromatic nitrogens is 3. The Labute approximate surface area is 254 Å². The van der Waals surface area contributed by atoms with Crippen molar-refractivity contribution in [2.24, 2.45) is 0 Å². The van der Waals surface area contributed by atoms with Gasteiger partial charge in [0.2, 0.25) is 5.88 Å². The molecule has 222 valence electrons. The molecule has 7 rings (SSSR count). The number of benzene rings is 2. The number of carbonyl (C=O) groups is 1. The first-order chi connectivity index (χ1) is 21.6. The minimum atomic E-state index is -0.357. The van der Waals surface area contributed by atoms with Gasteiger partial charge in [0, 0.05) is 43.1 Å². The Morgan fingerprint density at radius 3 is 2.84 bits per heavy atom.